The average Bonchev–Trinajstić information content (AvgIpc) is 3.72. The summed E-state index contributed by atoms with van der Waals surface area (Å²) < 4.78 is 1.80. The second-order valence-corrected chi connectivity index (χ2v) is 10.1. The average molecular weight is 473 g/mol. The van der Waals surface area contributed by atoms with E-state index in [0.717, 1.165) is 18.4 Å². The summed E-state index contributed by atoms with van der Waals surface area (Å²) in [6.45, 7) is 6.02. The molecule has 2 aromatic carbocycles. The molecule has 7 nitrogen and oxygen atoms in total. The summed E-state index contributed by atoms with van der Waals surface area (Å²) in [5.74, 6) is 0.830. The number of amides is 2. The maximum Gasteiger partial charge on any atom is 0.261 e. The first-order valence-corrected chi connectivity index (χ1v) is 12.5. The standard InChI is InChI=1S/C28H32N4O3/c1-28(2,20-8-4-3-5-9-20)27(35)31-18-16-30(17-19-31)25(33)15-14-24-29-23-11-7-6-10-22(23)26(34)32(24)21-12-13-21/h3-11,21H,12-19H2,1-2H3. The molecule has 1 aliphatic carbocycles. The van der Waals surface area contributed by atoms with Gasteiger partial charge in [0.2, 0.25) is 11.8 Å². The van der Waals surface area contributed by atoms with Crippen molar-refractivity contribution >= 4 is 22.7 Å². The second-order valence-electron chi connectivity index (χ2n) is 10.1. The highest BCUT2D eigenvalue weighted by Crippen LogP contribution is 2.35. The van der Waals surface area contributed by atoms with Crippen molar-refractivity contribution in [2.24, 2.45) is 0 Å². The zero-order chi connectivity index (χ0) is 24.6. The van der Waals surface area contributed by atoms with Gasteiger partial charge in [-0.2, -0.15) is 0 Å². The van der Waals surface area contributed by atoms with Gasteiger partial charge in [-0.15, -0.1) is 0 Å². The summed E-state index contributed by atoms with van der Waals surface area (Å²) in [6.07, 6.45) is 2.71. The van der Waals surface area contributed by atoms with Crippen molar-refractivity contribution in [1.29, 1.82) is 0 Å². The summed E-state index contributed by atoms with van der Waals surface area (Å²) in [7, 11) is 0. The molecule has 2 heterocycles. The van der Waals surface area contributed by atoms with Crippen molar-refractivity contribution in [3.8, 4) is 0 Å². The predicted molar refractivity (Wildman–Crippen MR) is 135 cm³/mol. The van der Waals surface area contributed by atoms with Gasteiger partial charge in [0.1, 0.15) is 5.82 Å². The molecule has 0 bridgehead atoms. The predicted octanol–water partition coefficient (Wildman–Crippen LogP) is 3.31. The molecule has 1 saturated carbocycles. The van der Waals surface area contributed by atoms with E-state index >= 15 is 0 Å². The van der Waals surface area contributed by atoms with E-state index < -0.39 is 5.41 Å². The van der Waals surface area contributed by atoms with Crippen LogP contribution >= 0.6 is 0 Å². The number of para-hydroxylation sites is 1. The number of aromatic nitrogens is 2. The summed E-state index contributed by atoms with van der Waals surface area (Å²) in [5.41, 5.74) is 1.06. The molecule has 0 spiro atoms. The van der Waals surface area contributed by atoms with Gasteiger partial charge in [-0.25, -0.2) is 4.98 Å². The first-order chi connectivity index (χ1) is 16.9. The van der Waals surface area contributed by atoms with Gasteiger partial charge in [0.15, 0.2) is 0 Å². The molecule has 2 fully saturated rings. The molecular formula is C28H32N4O3. The minimum atomic E-state index is -0.609. The smallest absolute Gasteiger partial charge is 0.261 e. The third-order valence-corrected chi connectivity index (χ3v) is 7.31. The van der Waals surface area contributed by atoms with Gasteiger partial charge in [0.05, 0.1) is 16.3 Å². The third-order valence-electron chi connectivity index (χ3n) is 7.31. The fourth-order valence-corrected chi connectivity index (χ4v) is 4.99. The highest BCUT2D eigenvalue weighted by Gasteiger charge is 2.35. The van der Waals surface area contributed by atoms with Crippen LogP contribution in [-0.4, -0.2) is 57.3 Å². The molecule has 0 radical (unpaired) electrons. The van der Waals surface area contributed by atoms with E-state index in [4.69, 9.17) is 4.98 Å². The van der Waals surface area contributed by atoms with Gasteiger partial charge in [-0.3, -0.25) is 19.0 Å². The van der Waals surface area contributed by atoms with Crippen LogP contribution in [0.3, 0.4) is 0 Å². The fourth-order valence-electron chi connectivity index (χ4n) is 4.99. The Morgan fingerprint density at radius 2 is 1.54 bits per heavy atom. The molecule has 0 atom stereocenters. The first-order valence-electron chi connectivity index (χ1n) is 12.5. The van der Waals surface area contributed by atoms with Crippen LogP contribution in [0.5, 0.6) is 0 Å². The monoisotopic (exact) mass is 472 g/mol. The van der Waals surface area contributed by atoms with E-state index in [9.17, 15) is 14.4 Å². The Bertz CT molecular complexity index is 1300. The zero-order valence-corrected chi connectivity index (χ0v) is 20.4. The molecule has 5 rings (SSSR count). The summed E-state index contributed by atoms with van der Waals surface area (Å²) in [4.78, 5) is 47.8. The molecular weight excluding hydrogens is 440 g/mol. The SMILES string of the molecule is CC(C)(C(=O)N1CCN(C(=O)CCc2nc3ccccc3c(=O)n2C2CC2)CC1)c1ccccc1. The lowest BCUT2D eigenvalue weighted by molar-refractivity contribution is -0.142. The number of carbonyl (C=O) groups is 2. The lowest BCUT2D eigenvalue weighted by atomic mass is 9.83. The Hall–Kier alpha value is -3.48. The van der Waals surface area contributed by atoms with Crippen LogP contribution in [-0.2, 0) is 21.4 Å². The molecule has 2 aliphatic rings. The second kappa shape index (κ2) is 9.29. The molecule has 1 aliphatic heterocycles. The quantitative estimate of drug-likeness (QED) is 0.552. The highest BCUT2D eigenvalue weighted by molar-refractivity contribution is 5.87. The number of fused-ring (bicyclic) bond motifs is 1. The molecule has 35 heavy (non-hydrogen) atoms. The zero-order valence-electron chi connectivity index (χ0n) is 20.4. The van der Waals surface area contributed by atoms with Gasteiger partial charge in [0.25, 0.3) is 5.56 Å². The molecule has 182 valence electrons. The minimum Gasteiger partial charge on any atom is -0.339 e. The lowest BCUT2D eigenvalue weighted by Crippen LogP contribution is -2.54. The number of aryl methyl sites for hydroxylation is 1. The van der Waals surface area contributed by atoms with Crippen LogP contribution in [0, 0.1) is 0 Å². The molecule has 1 saturated heterocycles. The lowest BCUT2D eigenvalue weighted by Gasteiger charge is -2.39. The van der Waals surface area contributed by atoms with Crippen LogP contribution in [0.1, 0.15) is 50.5 Å². The van der Waals surface area contributed by atoms with Gasteiger partial charge in [-0.05, 0) is 44.4 Å². The molecule has 0 N–H and O–H groups in total. The van der Waals surface area contributed by atoms with E-state index in [2.05, 4.69) is 0 Å². The Morgan fingerprint density at radius 1 is 0.914 bits per heavy atom. The van der Waals surface area contributed by atoms with E-state index in [1.54, 1.807) is 4.57 Å². The molecule has 3 aromatic rings. The molecule has 2 amide bonds. The van der Waals surface area contributed by atoms with Crippen LogP contribution in [0.2, 0.25) is 0 Å². The largest absolute Gasteiger partial charge is 0.339 e. The van der Waals surface area contributed by atoms with Crippen molar-refractivity contribution in [3.05, 3.63) is 76.3 Å². The number of carbonyl (C=O) groups excluding carboxylic acids is 2. The Balaban J connectivity index is 1.22. The number of rotatable bonds is 6. The van der Waals surface area contributed by atoms with Gasteiger partial charge >= 0.3 is 0 Å². The summed E-state index contributed by atoms with van der Waals surface area (Å²) >= 11 is 0. The third kappa shape index (κ3) is 4.59. The highest BCUT2D eigenvalue weighted by atomic mass is 16.2. The van der Waals surface area contributed by atoms with Crippen LogP contribution in [0.4, 0.5) is 0 Å². The maximum absolute atomic E-state index is 13.2. The normalized spacial score (nSPS) is 16.5. The minimum absolute atomic E-state index is 0.00583. The maximum atomic E-state index is 13.2. The van der Waals surface area contributed by atoms with Gasteiger partial charge < -0.3 is 9.80 Å². The summed E-state index contributed by atoms with van der Waals surface area (Å²) in [6, 6.07) is 17.4. The molecule has 0 unspecified atom stereocenters. The number of nitrogens with zero attached hydrogens (tertiary/aromatic N) is 4. The van der Waals surface area contributed by atoms with Crippen LogP contribution < -0.4 is 5.56 Å². The number of benzene rings is 2. The number of hydrogen-bond donors (Lipinski definition) is 0. The molecule has 1 aromatic heterocycles. The first kappa shape index (κ1) is 23.3. The van der Waals surface area contributed by atoms with E-state index in [1.165, 1.54) is 0 Å². The van der Waals surface area contributed by atoms with Crippen LogP contribution in [0.15, 0.2) is 59.4 Å². The summed E-state index contributed by atoms with van der Waals surface area (Å²) in [5, 5.41) is 0.633. The van der Waals surface area contributed by atoms with Crippen molar-refractivity contribution < 1.29 is 9.59 Å². The fraction of sp³-hybridized carbons (Fsp3) is 0.429. The van der Waals surface area contributed by atoms with E-state index in [-0.39, 0.29) is 23.4 Å². The van der Waals surface area contributed by atoms with Crippen molar-refractivity contribution in [2.45, 2.75) is 51.0 Å². The van der Waals surface area contributed by atoms with Crippen molar-refractivity contribution in [3.63, 3.8) is 0 Å². The molecule has 7 heteroatoms. The Morgan fingerprint density at radius 3 is 2.23 bits per heavy atom. The number of hydrogen-bond acceptors (Lipinski definition) is 4. The Labute approximate surface area is 205 Å². The van der Waals surface area contributed by atoms with Crippen molar-refractivity contribution in [1.82, 2.24) is 19.4 Å². The van der Waals surface area contributed by atoms with E-state index in [0.29, 0.717) is 55.7 Å². The number of piperazine rings is 1. The van der Waals surface area contributed by atoms with Crippen LogP contribution in [0.25, 0.3) is 10.9 Å². The Kier molecular flexibility index (Phi) is 6.17. The van der Waals surface area contributed by atoms with E-state index in [1.807, 2.05) is 78.2 Å². The van der Waals surface area contributed by atoms with Gasteiger partial charge in [-0.1, -0.05) is 42.5 Å². The van der Waals surface area contributed by atoms with Crippen molar-refractivity contribution in [2.75, 3.05) is 26.2 Å². The van der Waals surface area contributed by atoms with Gasteiger partial charge in [0, 0.05) is 45.1 Å². The topological polar surface area (TPSA) is 75.5 Å².